The zero-order valence-electron chi connectivity index (χ0n) is 8.85. The molecule has 1 unspecified atom stereocenters. The molecule has 0 aromatic carbocycles. The number of nitrogens with one attached hydrogen (secondary N) is 1. The Morgan fingerprint density at radius 2 is 2.07 bits per heavy atom. The minimum Gasteiger partial charge on any atom is -0.466 e. The lowest BCUT2D eigenvalue weighted by Gasteiger charge is -2.13. The molecule has 0 bridgehead atoms. The van der Waals surface area contributed by atoms with Gasteiger partial charge in [0.25, 0.3) is 0 Å². The molecule has 0 saturated heterocycles. The minimum absolute atomic E-state index is 0.0163. The zero-order valence-corrected chi connectivity index (χ0v) is 8.85. The second kappa shape index (κ2) is 4.32. The van der Waals surface area contributed by atoms with Crippen LogP contribution in [0.25, 0.3) is 0 Å². The smallest absolute Gasteiger partial charge is 0.106 e. The van der Waals surface area contributed by atoms with Crippen molar-refractivity contribution in [2.75, 3.05) is 0 Å². The van der Waals surface area contributed by atoms with E-state index >= 15 is 0 Å². The molecular weight excluding hydrogens is 176 g/mol. The standard InChI is InChI=1S/C11H16N2O/c1-5-6-10(13-12)11-7(2)8(3)14-9(11)4/h1,10,13H,6,12H2,2-4H3. The largest absolute Gasteiger partial charge is 0.466 e. The Morgan fingerprint density at radius 1 is 1.43 bits per heavy atom. The molecule has 1 aromatic rings. The molecule has 3 heteroatoms. The molecule has 0 aliphatic rings. The first-order valence-electron chi connectivity index (χ1n) is 4.57. The van der Waals surface area contributed by atoms with E-state index in [4.69, 9.17) is 16.7 Å². The van der Waals surface area contributed by atoms with Gasteiger partial charge in [0.05, 0.1) is 6.04 Å². The van der Waals surface area contributed by atoms with Crippen LogP contribution in [0.4, 0.5) is 0 Å². The van der Waals surface area contributed by atoms with E-state index in [0.717, 1.165) is 22.6 Å². The second-order valence-electron chi connectivity index (χ2n) is 3.38. The van der Waals surface area contributed by atoms with E-state index < -0.39 is 0 Å². The third-order valence-electron chi connectivity index (χ3n) is 2.49. The van der Waals surface area contributed by atoms with Crippen molar-refractivity contribution >= 4 is 0 Å². The highest BCUT2D eigenvalue weighted by Gasteiger charge is 2.18. The Labute approximate surface area is 84.6 Å². The summed E-state index contributed by atoms with van der Waals surface area (Å²) in [6, 6.07) is -0.0163. The van der Waals surface area contributed by atoms with Gasteiger partial charge in [-0.1, -0.05) is 0 Å². The molecule has 1 atom stereocenters. The third kappa shape index (κ3) is 1.82. The van der Waals surface area contributed by atoms with E-state index in [1.165, 1.54) is 0 Å². The summed E-state index contributed by atoms with van der Waals surface area (Å²) >= 11 is 0. The number of terminal acetylenes is 1. The average Bonchev–Trinajstić information content (AvgIpc) is 2.39. The highest BCUT2D eigenvalue weighted by molar-refractivity contribution is 5.34. The second-order valence-corrected chi connectivity index (χ2v) is 3.38. The van der Waals surface area contributed by atoms with E-state index in [1.54, 1.807) is 0 Å². The molecule has 14 heavy (non-hydrogen) atoms. The maximum absolute atomic E-state index is 5.51. The van der Waals surface area contributed by atoms with E-state index in [0.29, 0.717) is 6.42 Å². The molecule has 1 heterocycles. The molecule has 3 N–H and O–H groups in total. The van der Waals surface area contributed by atoms with Crippen molar-refractivity contribution in [2.24, 2.45) is 5.84 Å². The van der Waals surface area contributed by atoms with Crippen LogP contribution in [-0.2, 0) is 0 Å². The monoisotopic (exact) mass is 192 g/mol. The van der Waals surface area contributed by atoms with E-state index in [2.05, 4.69) is 11.3 Å². The quantitative estimate of drug-likeness (QED) is 0.435. The summed E-state index contributed by atoms with van der Waals surface area (Å²) in [4.78, 5) is 0. The van der Waals surface area contributed by atoms with Gasteiger partial charge in [0.1, 0.15) is 11.5 Å². The number of nitrogens with two attached hydrogens (primary N) is 1. The van der Waals surface area contributed by atoms with Crippen LogP contribution in [0.3, 0.4) is 0 Å². The van der Waals surface area contributed by atoms with Crippen molar-refractivity contribution in [3.05, 3.63) is 22.6 Å². The highest BCUT2D eigenvalue weighted by Crippen LogP contribution is 2.28. The first-order chi connectivity index (χ1) is 6.61. The first-order valence-corrected chi connectivity index (χ1v) is 4.57. The Kier molecular flexibility index (Phi) is 3.34. The molecule has 0 fully saturated rings. The van der Waals surface area contributed by atoms with Gasteiger partial charge in [0, 0.05) is 12.0 Å². The lowest BCUT2D eigenvalue weighted by molar-refractivity contribution is 0.487. The fraction of sp³-hybridized carbons (Fsp3) is 0.455. The lowest BCUT2D eigenvalue weighted by Crippen LogP contribution is -2.28. The van der Waals surface area contributed by atoms with Crippen LogP contribution >= 0.6 is 0 Å². The normalized spacial score (nSPS) is 12.5. The molecule has 0 aliphatic heterocycles. The minimum atomic E-state index is -0.0163. The van der Waals surface area contributed by atoms with Gasteiger partial charge >= 0.3 is 0 Å². The number of rotatable bonds is 3. The summed E-state index contributed by atoms with van der Waals surface area (Å²) in [5.74, 6) is 9.86. The molecule has 76 valence electrons. The maximum Gasteiger partial charge on any atom is 0.106 e. The highest BCUT2D eigenvalue weighted by atomic mass is 16.3. The van der Waals surface area contributed by atoms with Crippen molar-refractivity contribution in [2.45, 2.75) is 33.2 Å². The first kappa shape index (κ1) is 10.8. The average molecular weight is 192 g/mol. The van der Waals surface area contributed by atoms with E-state index in [9.17, 15) is 0 Å². The number of furan rings is 1. The Morgan fingerprint density at radius 3 is 2.43 bits per heavy atom. The van der Waals surface area contributed by atoms with Gasteiger partial charge in [-0.2, -0.15) is 0 Å². The molecule has 0 radical (unpaired) electrons. The van der Waals surface area contributed by atoms with Crippen molar-refractivity contribution < 1.29 is 4.42 Å². The van der Waals surface area contributed by atoms with Crippen molar-refractivity contribution in [3.63, 3.8) is 0 Å². The summed E-state index contributed by atoms with van der Waals surface area (Å²) in [5.41, 5.74) is 4.92. The molecule has 0 aliphatic carbocycles. The number of hydrogen-bond donors (Lipinski definition) is 2. The molecule has 0 spiro atoms. The topological polar surface area (TPSA) is 51.2 Å². The summed E-state index contributed by atoms with van der Waals surface area (Å²) in [6.45, 7) is 5.88. The molecule has 3 nitrogen and oxygen atoms in total. The van der Waals surface area contributed by atoms with Crippen LogP contribution in [0.1, 0.15) is 35.1 Å². The van der Waals surface area contributed by atoms with Crippen molar-refractivity contribution in [3.8, 4) is 12.3 Å². The van der Waals surface area contributed by atoms with Gasteiger partial charge in [0.2, 0.25) is 0 Å². The Balaban J connectivity index is 3.10. The van der Waals surface area contributed by atoms with Crippen molar-refractivity contribution in [1.29, 1.82) is 0 Å². The molecule has 0 saturated carbocycles. The summed E-state index contributed by atoms with van der Waals surface area (Å²) in [7, 11) is 0. The van der Waals surface area contributed by atoms with E-state index in [1.807, 2.05) is 20.8 Å². The lowest BCUT2D eigenvalue weighted by atomic mass is 10.0. The van der Waals surface area contributed by atoms with E-state index in [-0.39, 0.29) is 6.04 Å². The molecule has 1 rings (SSSR count). The van der Waals surface area contributed by atoms with Gasteiger partial charge in [-0.25, -0.2) is 0 Å². The third-order valence-corrected chi connectivity index (χ3v) is 2.49. The predicted molar refractivity (Wildman–Crippen MR) is 56.4 cm³/mol. The molecule has 1 aromatic heterocycles. The van der Waals surface area contributed by atoms with Crippen LogP contribution in [0.5, 0.6) is 0 Å². The fourth-order valence-corrected chi connectivity index (χ4v) is 1.68. The maximum atomic E-state index is 5.51. The van der Waals surface area contributed by atoms with Gasteiger partial charge in [-0.05, 0) is 26.3 Å². The Bertz CT molecular complexity index is 360. The van der Waals surface area contributed by atoms with Crippen LogP contribution < -0.4 is 11.3 Å². The summed E-state index contributed by atoms with van der Waals surface area (Å²) in [6.07, 6.45) is 5.84. The number of hydrazine groups is 1. The van der Waals surface area contributed by atoms with Gasteiger partial charge < -0.3 is 4.42 Å². The van der Waals surface area contributed by atoms with Crippen LogP contribution in [-0.4, -0.2) is 0 Å². The molecular formula is C11H16N2O. The Hall–Kier alpha value is -1.24. The summed E-state index contributed by atoms with van der Waals surface area (Å²) in [5, 5.41) is 0. The zero-order chi connectivity index (χ0) is 10.7. The van der Waals surface area contributed by atoms with Gasteiger partial charge in [0.15, 0.2) is 0 Å². The molecule has 0 amide bonds. The van der Waals surface area contributed by atoms with Crippen LogP contribution in [0, 0.1) is 33.1 Å². The number of aryl methyl sites for hydroxylation is 2. The van der Waals surface area contributed by atoms with Gasteiger partial charge in [-0.3, -0.25) is 11.3 Å². The van der Waals surface area contributed by atoms with Crippen molar-refractivity contribution in [1.82, 2.24) is 5.43 Å². The van der Waals surface area contributed by atoms with Crippen LogP contribution in [0.2, 0.25) is 0 Å². The fourth-order valence-electron chi connectivity index (χ4n) is 1.68. The van der Waals surface area contributed by atoms with Gasteiger partial charge in [-0.15, -0.1) is 12.3 Å². The predicted octanol–water partition coefficient (Wildman–Crippen LogP) is 1.73. The SMILES string of the molecule is C#CCC(NN)c1c(C)oc(C)c1C. The van der Waals surface area contributed by atoms with Crippen LogP contribution in [0.15, 0.2) is 4.42 Å². The number of hydrogen-bond acceptors (Lipinski definition) is 3. The summed E-state index contributed by atoms with van der Waals surface area (Å²) < 4.78 is 5.51.